The van der Waals surface area contributed by atoms with Gasteiger partial charge in [0.2, 0.25) is 0 Å². The summed E-state index contributed by atoms with van der Waals surface area (Å²) in [5.74, 6) is 0.973. The molecule has 2 aromatic carbocycles. The maximum Gasteiger partial charge on any atom is 0.278 e. The highest BCUT2D eigenvalue weighted by atomic mass is 32.1. The minimum absolute atomic E-state index is 0.0973. The molecule has 142 valence electrons. The molecule has 2 atom stereocenters. The zero-order valence-corrected chi connectivity index (χ0v) is 16.9. The molecule has 0 aliphatic rings. The van der Waals surface area contributed by atoms with Crippen LogP contribution in [0.1, 0.15) is 17.4 Å². The Morgan fingerprint density at radius 1 is 1.19 bits per heavy atom. The summed E-state index contributed by atoms with van der Waals surface area (Å²) in [6, 6.07) is 16.6. The zero-order valence-electron chi connectivity index (χ0n) is 16.1. The monoisotopic (exact) mass is 383 g/mol. The van der Waals surface area contributed by atoms with Gasteiger partial charge in [0.15, 0.2) is 6.04 Å². The first kappa shape index (κ1) is 19.4. The van der Waals surface area contributed by atoms with Gasteiger partial charge in [-0.05, 0) is 53.8 Å². The summed E-state index contributed by atoms with van der Waals surface area (Å²) < 4.78 is 5.28. The number of methoxy groups -OCH3 is 1. The molecule has 2 N–H and O–H groups in total. The Kier molecular flexibility index (Phi) is 6.48. The number of fused-ring (bicyclic) bond motifs is 1. The number of carbonyl (C=O) groups excluding carboxylic acids is 1. The Morgan fingerprint density at radius 2 is 1.96 bits per heavy atom. The third-order valence-corrected chi connectivity index (χ3v) is 5.91. The number of amides is 1. The van der Waals surface area contributed by atoms with Crippen molar-refractivity contribution >= 4 is 28.0 Å². The summed E-state index contributed by atoms with van der Waals surface area (Å²) in [4.78, 5) is 14.9. The van der Waals surface area contributed by atoms with Crippen LogP contribution >= 0.6 is 11.3 Å². The van der Waals surface area contributed by atoms with Crippen molar-refractivity contribution in [2.45, 2.75) is 25.9 Å². The lowest BCUT2D eigenvalue weighted by Crippen LogP contribution is -3.12. The highest BCUT2D eigenvalue weighted by molar-refractivity contribution is 7.09. The van der Waals surface area contributed by atoms with Crippen molar-refractivity contribution in [2.24, 2.45) is 0 Å². The molecule has 0 saturated heterocycles. The van der Waals surface area contributed by atoms with Gasteiger partial charge >= 0.3 is 0 Å². The lowest BCUT2D eigenvalue weighted by atomic mass is 10.1. The molecule has 3 rings (SSSR count). The molecule has 0 radical (unpaired) electrons. The van der Waals surface area contributed by atoms with E-state index >= 15 is 0 Å². The van der Waals surface area contributed by atoms with E-state index in [4.69, 9.17) is 4.74 Å². The summed E-state index contributed by atoms with van der Waals surface area (Å²) in [7, 11) is 3.75. The second-order valence-corrected chi connectivity index (χ2v) is 7.94. The maximum atomic E-state index is 12.4. The number of quaternary nitrogens is 1. The molecule has 5 heteroatoms. The molecule has 1 heterocycles. The van der Waals surface area contributed by atoms with Crippen molar-refractivity contribution in [1.82, 2.24) is 5.32 Å². The van der Waals surface area contributed by atoms with Gasteiger partial charge in [-0.15, -0.1) is 11.3 Å². The largest absolute Gasteiger partial charge is 0.497 e. The highest BCUT2D eigenvalue weighted by Gasteiger charge is 2.21. The van der Waals surface area contributed by atoms with E-state index < -0.39 is 0 Å². The first-order valence-corrected chi connectivity index (χ1v) is 10.1. The SMILES string of the molecule is COc1ccc2cc(C[NH+](C)[C@H](C)C(=O)NCCc3cccs3)ccc2c1. The normalized spacial score (nSPS) is 13.3. The van der Waals surface area contributed by atoms with Gasteiger partial charge in [-0.1, -0.05) is 24.3 Å². The minimum Gasteiger partial charge on any atom is -0.497 e. The molecule has 3 aromatic rings. The molecule has 1 amide bonds. The standard InChI is InChI=1S/C22H26N2O2S/c1-16(22(25)23-11-10-21-5-4-12-27-21)24(2)15-17-6-7-19-14-20(26-3)9-8-18(19)13-17/h4-9,12-14,16H,10-11,15H2,1-3H3,(H,23,25)/p+1/t16-/m1/s1. The van der Waals surface area contributed by atoms with Crippen LogP contribution in [0.5, 0.6) is 5.75 Å². The van der Waals surface area contributed by atoms with E-state index in [0.29, 0.717) is 6.54 Å². The number of nitrogens with one attached hydrogen (secondary N) is 2. The zero-order chi connectivity index (χ0) is 19.2. The summed E-state index contributed by atoms with van der Waals surface area (Å²) >= 11 is 1.73. The van der Waals surface area contributed by atoms with E-state index in [1.807, 2.05) is 25.1 Å². The van der Waals surface area contributed by atoms with E-state index in [2.05, 4.69) is 48.1 Å². The predicted octanol–water partition coefficient (Wildman–Crippen LogP) is 2.67. The molecule has 0 spiro atoms. The number of likely N-dealkylation sites (N-methyl/N-ethyl adjacent to an activating group) is 1. The molecular formula is C22H27N2O2S+. The van der Waals surface area contributed by atoms with Crippen LogP contribution in [0.4, 0.5) is 0 Å². The van der Waals surface area contributed by atoms with E-state index in [1.54, 1.807) is 18.4 Å². The molecule has 0 aliphatic carbocycles. The summed E-state index contributed by atoms with van der Waals surface area (Å²) in [5.41, 5.74) is 1.23. The average molecular weight is 384 g/mol. The Bertz CT molecular complexity index is 892. The quantitative estimate of drug-likeness (QED) is 0.628. The van der Waals surface area contributed by atoms with Crippen molar-refractivity contribution in [3.8, 4) is 5.75 Å². The summed E-state index contributed by atoms with van der Waals surface area (Å²) in [6.45, 7) is 3.48. The van der Waals surface area contributed by atoms with E-state index in [-0.39, 0.29) is 11.9 Å². The van der Waals surface area contributed by atoms with Crippen molar-refractivity contribution in [2.75, 3.05) is 20.7 Å². The molecule has 0 bridgehead atoms. The molecule has 27 heavy (non-hydrogen) atoms. The van der Waals surface area contributed by atoms with Gasteiger partial charge < -0.3 is 15.0 Å². The van der Waals surface area contributed by atoms with E-state index in [1.165, 1.54) is 20.7 Å². The highest BCUT2D eigenvalue weighted by Crippen LogP contribution is 2.21. The average Bonchev–Trinajstić information content (AvgIpc) is 3.20. The van der Waals surface area contributed by atoms with Crippen molar-refractivity contribution < 1.29 is 14.4 Å². The van der Waals surface area contributed by atoms with Crippen LogP contribution in [0.25, 0.3) is 10.8 Å². The Balaban J connectivity index is 1.55. The summed E-state index contributed by atoms with van der Waals surface area (Å²) in [6.07, 6.45) is 0.892. The first-order chi connectivity index (χ1) is 13.1. The van der Waals surface area contributed by atoms with Crippen LogP contribution in [0.3, 0.4) is 0 Å². The molecule has 0 saturated carbocycles. The van der Waals surface area contributed by atoms with Crippen LogP contribution in [0.2, 0.25) is 0 Å². The number of carbonyl (C=O) groups is 1. The number of hydrogen-bond donors (Lipinski definition) is 2. The minimum atomic E-state index is -0.0973. The van der Waals surface area contributed by atoms with Gasteiger partial charge in [-0.3, -0.25) is 4.79 Å². The molecule has 1 unspecified atom stereocenters. The van der Waals surface area contributed by atoms with Crippen LogP contribution in [0, 0.1) is 0 Å². The number of benzene rings is 2. The lowest BCUT2D eigenvalue weighted by molar-refractivity contribution is -0.908. The van der Waals surface area contributed by atoms with Gasteiger partial charge in [-0.25, -0.2) is 0 Å². The third kappa shape index (κ3) is 5.08. The van der Waals surface area contributed by atoms with Gasteiger partial charge in [0, 0.05) is 17.0 Å². The fourth-order valence-corrected chi connectivity index (χ4v) is 3.83. The maximum absolute atomic E-state index is 12.4. The van der Waals surface area contributed by atoms with Gasteiger partial charge in [-0.2, -0.15) is 0 Å². The number of thiophene rings is 1. The first-order valence-electron chi connectivity index (χ1n) is 9.26. The predicted molar refractivity (Wildman–Crippen MR) is 112 cm³/mol. The molecule has 0 fully saturated rings. The van der Waals surface area contributed by atoms with Crippen molar-refractivity contribution in [3.05, 3.63) is 64.4 Å². The van der Waals surface area contributed by atoms with Gasteiger partial charge in [0.05, 0.1) is 14.2 Å². The number of hydrogen-bond acceptors (Lipinski definition) is 3. The fourth-order valence-electron chi connectivity index (χ4n) is 3.13. The van der Waals surface area contributed by atoms with E-state index in [0.717, 1.165) is 24.1 Å². The van der Waals surface area contributed by atoms with Crippen LogP contribution < -0.4 is 15.0 Å². The van der Waals surface area contributed by atoms with Gasteiger partial charge in [0.1, 0.15) is 12.3 Å². The number of rotatable bonds is 8. The summed E-state index contributed by atoms with van der Waals surface area (Å²) in [5, 5.41) is 7.48. The fraction of sp³-hybridized carbons (Fsp3) is 0.318. The lowest BCUT2D eigenvalue weighted by Gasteiger charge is -2.21. The third-order valence-electron chi connectivity index (χ3n) is 4.98. The van der Waals surface area contributed by atoms with Gasteiger partial charge in [0.25, 0.3) is 5.91 Å². The molecule has 4 nitrogen and oxygen atoms in total. The second kappa shape index (κ2) is 9.02. The van der Waals surface area contributed by atoms with E-state index in [9.17, 15) is 4.79 Å². The second-order valence-electron chi connectivity index (χ2n) is 6.91. The van der Waals surface area contributed by atoms with Crippen molar-refractivity contribution in [1.29, 1.82) is 0 Å². The van der Waals surface area contributed by atoms with Crippen LogP contribution in [-0.4, -0.2) is 32.7 Å². The van der Waals surface area contributed by atoms with Crippen LogP contribution in [0.15, 0.2) is 53.9 Å². The number of ether oxygens (including phenoxy) is 1. The molecular weight excluding hydrogens is 356 g/mol. The Hall–Kier alpha value is -2.37. The topological polar surface area (TPSA) is 42.8 Å². The van der Waals surface area contributed by atoms with Crippen molar-refractivity contribution in [3.63, 3.8) is 0 Å². The molecule has 1 aromatic heterocycles. The Morgan fingerprint density at radius 3 is 2.70 bits per heavy atom. The Labute approximate surface area is 164 Å². The smallest absolute Gasteiger partial charge is 0.278 e. The molecule has 0 aliphatic heterocycles. The van der Waals surface area contributed by atoms with Crippen LogP contribution in [-0.2, 0) is 17.8 Å².